The van der Waals surface area contributed by atoms with Crippen molar-refractivity contribution in [2.24, 2.45) is 21.9 Å². The molecule has 4 rings (SSSR count). The number of H-pyrrole nitrogens is 1. The van der Waals surface area contributed by atoms with Gasteiger partial charge in [-0.25, -0.2) is 10.5 Å². The van der Waals surface area contributed by atoms with E-state index >= 15 is 0 Å². The second-order valence-corrected chi connectivity index (χ2v) is 8.06. The molecular weight excluding hydrogens is 405 g/mol. The summed E-state index contributed by atoms with van der Waals surface area (Å²) < 4.78 is 38.0. The molecule has 0 amide bonds. The van der Waals surface area contributed by atoms with E-state index in [4.69, 9.17) is 5.53 Å². The van der Waals surface area contributed by atoms with Crippen molar-refractivity contribution in [3.05, 3.63) is 58.9 Å². The molecule has 0 atom stereocenters. The molecule has 1 fully saturated rings. The maximum atomic E-state index is 12.7. The molecule has 0 spiro atoms. The van der Waals surface area contributed by atoms with E-state index in [0.717, 1.165) is 72.7 Å². The number of aromatic nitrogens is 1. The van der Waals surface area contributed by atoms with Crippen LogP contribution in [-0.4, -0.2) is 17.9 Å². The van der Waals surface area contributed by atoms with Crippen molar-refractivity contribution in [3.8, 4) is 0 Å². The van der Waals surface area contributed by atoms with Gasteiger partial charge in [0.15, 0.2) is 0 Å². The lowest BCUT2D eigenvalue weighted by atomic mass is 9.79. The number of fused-ring (bicyclic) bond motifs is 1. The van der Waals surface area contributed by atoms with Gasteiger partial charge in [0.05, 0.1) is 23.3 Å². The van der Waals surface area contributed by atoms with Gasteiger partial charge in [-0.1, -0.05) is 12.1 Å². The van der Waals surface area contributed by atoms with E-state index < -0.39 is 11.7 Å². The van der Waals surface area contributed by atoms with Crippen molar-refractivity contribution >= 4 is 17.9 Å². The number of allylic oxidation sites excluding steroid dienone is 1. The smallest absolute Gasteiger partial charge is 0.346 e. The van der Waals surface area contributed by atoms with Crippen molar-refractivity contribution in [2.75, 3.05) is 6.54 Å². The van der Waals surface area contributed by atoms with Crippen molar-refractivity contribution in [3.63, 3.8) is 0 Å². The van der Waals surface area contributed by atoms with E-state index in [1.807, 2.05) is 12.3 Å². The Morgan fingerprint density at radius 1 is 1.13 bits per heavy atom. The van der Waals surface area contributed by atoms with E-state index in [-0.39, 0.29) is 5.92 Å². The molecule has 2 aromatic rings. The van der Waals surface area contributed by atoms with Crippen LogP contribution in [0.1, 0.15) is 42.4 Å². The fourth-order valence-electron chi connectivity index (χ4n) is 4.34. The molecule has 4 N–H and O–H groups in total. The Labute approximate surface area is 178 Å². The summed E-state index contributed by atoms with van der Waals surface area (Å²) in [4.78, 5) is 7.34. The monoisotopic (exact) mass is 430 g/mol. The predicted octanol–water partition coefficient (Wildman–Crippen LogP) is 5.59. The van der Waals surface area contributed by atoms with Gasteiger partial charge in [-0.2, -0.15) is 18.3 Å². The van der Waals surface area contributed by atoms with Gasteiger partial charge in [0.2, 0.25) is 0 Å². The lowest BCUT2D eigenvalue weighted by Crippen LogP contribution is -2.27. The number of hydrogen-bond donors (Lipinski definition) is 4. The molecule has 1 saturated carbocycles. The number of aromatic amines is 1. The minimum absolute atomic E-state index is 0.223. The van der Waals surface area contributed by atoms with Crippen LogP contribution in [-0.2, 0) is 12.7 Å². The summed E-state index contributed by atoms with van der Waals surface area (Å²) >= 11 is 0. The van der Waals surface area contributed by atoms with Crippen molar-refractivity contribution in [1.29, 1.82) is 5.53 Å². The Kier molecular flexibility index (Phi) is 6.22. The van der Waals surface area contributed by atoms with Crippen LogP contribution in [0, 0.1) is 17.4 Å². The molecule has 0 radical (unpaired) electrons. The van der Waals surface area contributed by atoms with Crippen LogP contribution in [0.4, 0.5) is 19.0 Å². The lowest BCUT2D eigenvalue weighted by Gasteiger charge is -2.30. The molecule has 6 nitrogen and oxygen atoms in total. The van der Waals surface area contributed by atoms with Crippen LogP contribution in [0.5, 0.6) is 0 Å². The summed E-state index contributed by atoms with van der Waals surface area (Å²) in [5, 5.41) is 10.4. The molecule has 2 heterocycles. The van der Waals surface area contributed by atoms with E-state index in [0.29, 0.717) is 12.5 Å². The molecule has 0 saturated heterocycles. The first-order valence-electron chi connectivity index (χ1n) is 10.4. The van der Waals surface area contributed by atoms with Gasteiger partial charge in [0, 0.05) is 24.2 Å². The van der Waals surface area contributed by atoms with Crippen molar-refractivity contribution < 1.29 is 13.2 Å². The predicted molar refractivity (Wildman–Crippen MR) is 113 cm³/mol. The first-order valence-corrected chi connectivity index (χ1v) is 10.4. The second kappa shape index (κ2) is 9.05. The van der Waals surface area contributed by atoms with Gasteiger partial charge in [0.25, 0.3) is 0 Å². The summed E-state index contributed by atoms with van der Waals surface area (Å²) in [6.45, 7) is 1.37. The normalized spacial score (nSPS) is 22.5. The average molecular weight is 430 g/mol. The second-order valence-electron chi connectivity index (χ2n) is 8.06. The average Bonchev–Trinajstić information content (AvgIpc) is 3.25. The van der Waals surface area contributed by atoms with Gasteiger partial charge in [-0.15, -0.1) is 0 Å². The van der Waals surface area contributed by atoms with E-state index in [1.54, 1.807) is 6.34 Å². The molecule has 31 heavy (non-hydrogen) atoms. The Bertz CT molecular complexity index is 966. The highest BCUT2D eigenvalue weighted by Crippen LogP contribution is 2.38. The maximum absolute atomic E-state index is 12.7. The SMILES string of the molecule is N=N/C(=C1\NC=Nc2[nH]ccc21)[C@H]1CC[C@H](CNCc2ccc(C(F)(F)F)cc2)CC1. The fourth-order valence-corrected chi connectivity index (χ4v) is 4.34. The molecule has 0 bridgehead atoms. The number of benzene rings is 1. The van der Waals surface area contributed by atoms with Crippen LogP contribution in [0.15, 0.2) is 52.3 Å². The molecule has 1 aliphatic carbocycles. The Hall–Kier alpha value is -2.94. The van der Waals surface area contributed by atoms with Gasteiger partial charge in [-0.05, 0) is 61.9 Å². The van der Waals surface area contributed by atoms with Crippen molar-refractivity contribution in [1.82, 2.24) is 15.6 Å². The highest BCUT2D eigenvalue weighted by atomic mass is 19.4. The Balaban J connectivity index is 1.29. The summed E-state index contributed by atoms with van der Waals surface area (Å²) in [6, 6.07) is 7.24. The third-order valence-electron chi connectivity index (χ3n) is 6.05. The quantitative estimate of drug-likeness (QED) is 0.450. The number of halogens is 3. The first kappa shape index (κ1) is 21.3. The molecule has 0 unspecified atom stereocenters. The standard InChI is InChI=1S/C22H25F3N6/c23-22(24,25)17-7-3-15(4-8-17)12-27-11-14-1-5-16(6-2-14)19(31-26)20-18-9-10-28-21(18)30-13-29-20/h3-4,7-10,13-14,16,26-28H,1-2,5-6,11-12H2,(H,29,30)/b20-19-,31-26?/t14-,16-. The Morgan fingerprint density at radius 2 is 1.87 bits per heavy atom. The van der Waals surface area contributed by atoms with E-state index in [1.165, 1.54) is 12.1 Å². The molecule has 1 aliphatic heterocycles. The number of hydrogen-bond acceptors (Lipinski definition) is 5. The summed E-state index contributed by atoms with van der Waals surface area (Å²) in [7, 11) is 0. The molecular formula is C22H25F3N6. The molecule has 2 aliphatic rings. The Morgan fingerprint density at radius 3 is 2.55 bits per heavy atom. The van der Waals surface area contributed by atoms with Crippen molar-refractivity contribution in [2.45, 2.75) is 38.4 Å². The van der Waals surface area contributed by atoms with Crippen LogP contribution >= 0.6 is 0 Å². The zero-order chi connectivity index (χ0) is 21.8. The van der Waals surface area contributed by atoms with Crippen LogP contribution in [0.3, 0.4) is 0 Å². The minimum atomic E-state index is -4.30. The zero-order valence-electron chi connectivity index (χ0n) is 17.0. The van der Waals surface area contributed by atoms with Gasteiger partial charge >= 0.3 is 6.18 Å². The fraction of sp³-hybridized carbons (Fsp3) is 0.409. The van der Waals surface area contributed by atoms with Gasteiger partial charge in [0.1, 0.15) is 5.82 Å². The minimum Gasteiger partial charge on any atom is -0.346 e. The topological polar surface area (TPSA) is 88.4 Å². The van der Waals surface area contributed by atoms with Crippen LogP contribution in [0.25, 0.3) is 5.70 Å². The third kappa shape index (κ3) is 4.87. The van der Waals surface area contributed by atoms with Gasteiger partial charge in [-0.3, -0.25) is 0 Å². The van der Waals surface area contributed by atoms with E-state index in [2.05, 4.69) is 25.7 Å². The summed E-state index contributed by atoms with van der Waals surface area (Å²) in [5.41, 5.74) is 10.5. The van der Waals surface area contributed by atoms with Crippen LogP contribution in [0.2, 0.25) is 0 Å². The summed E-state index contributed by atoms with van der Waals surface area (Å²) in [6.07, 6.45) is 3.09. The zero-order valence-corrected chi connectivity index (χ0v) is 17.0. The highest BCUT2D eigenvalue weighted by molar-refractivity contribution is 5.87. The van der Waals surface area contributed by atoms with Gasteiger partial charge < -0.3 is 15.6 Å². The number of rotatable bonds is 6. The number of nitrogens with one attached hydrogen (secondary N) is 4. The highest BCUT2D eigenvalue weighted by Gasteiger charge is 2.30. The largest absolute Gasteiger partial charge is 0.416 e. The maximum Gasteiger partial charge on any atom is 0.416 e. The number of aliphatic imine (C=N–C) groups is 1. The summed E-state index contributed by atoms with van der Waals surface area (Å²) in [5.74, 6) is 1.50. The first-order chi connectivity index (χ1) is 15.0. The lowest BCUT2D eigenvalue weighted by molar-refractivity contribution is -0.137. The van der Waals surface area contributed by atoms with E-state index in [9.17, 15) is 13.2 Å². The third-order valence-corrected chi connectivity index (χ3v) is 6.05. The molecule has 1 aromatic carbocycles. The van der Waals surface area contributed by atoms with Crippen LogP contribution < -0.4 is 10.6 Å². The molecule has 164 valence electrons. The number of alkyl halides is 3. The molecule has 1 aromatic heterocycles. The molecule has 9 heteroatoms. The number of nitrogens with zero attached hydrogens (tertiary/aromatic N) is 2.